The fourth-order valence-electron chi connectivity index (χ4n) is 2.31. The highest BCUT2D eigenvalue weighted by Gasteiger charge is 2.25. The smallest absolute Gasteiger partial charge is 0.305 e. The van der Waals surface area contributed by atoms with Gasteiger partial charge in [0.15, 0.2) is 0 Å². The molecule has 1 aromatic carbocycles. The molecule has 0 saturated heterocycles. The highest BCUT2D eigenvalue weighted by molar-refractivity contribution is 6.00. The zero-order chi connectivity index (χ0) is 19.0. The molecule has 2 atom stereocenters. The Morgan fingerprint density at radius 3 is 2.44 bits per heavy atom. The maximum atomic E-state index is 12.7. The van der Waals surface area contributed by atoms with Crippen molar-refractivity contribution < 1.29 is 24.3 Å². The molecule has 0 aliphatic rings. The minimum atomic E-state index is -1.19. The normalized spacial score (nSPS) is 12.8. The first-order valence-electron chi connectivity index (χ1n) is 8.13. The molecule has 0 aromatic heterocycles. The SMILES string of the molecule is CCC(C)C(=O)N(CC(=O)NC(C=O)CC(=O)O)c1ccccc1C. The summed E-state index contributed by atoms with van der Waals surface area (Å²) < 4.78 is 0. The molecule has 2 N–H and O–H groups in total. The van der Waals surface area contributed by atoms with Crippen LogP contribution in [0, 0.1) is 12.8 Å². The summed E-state index contributed by atoms with van der Waals surface area (Å²) in [7, 11) is 0. The van der Waals surface area contributed by atoms with Crippen molar-refractivity contribution in [1.82, 2.24) is 5.32 Å². The van der Waals surface area contributed by atoms with Crippen LogP contribution in [0.2, 0.25) is 0 Å². The molecule has 0 spiro atoms. The predicted molar refractivity (Wildman–Crippen MR) is 93.2 cm³/mol. The molecule has 1 rings (SSSR count). The molecule has 0 fully saturated rings. The van der Waals surface area contributed by atoms with Crippen molar-refractivity contribution in [3.63, 3.8) is 0 Å². The van der Waals surface area contributed by atoms with Gasteiger partial charge in [-0.2, -0.15) is 0 Å². The molecule has 0 bridgehead atoms. The van der Waals surface area contributed by atoms with Gasteiger partial charge >= 0.3 is 5.97 Å². The fourth-order valence-corrected chi connectivity index (χ4v) is 2.31. The first kappa shape index (κ1) is 20.3. The Morgan fingerprint density at radius 1 is 1.28 bits per heavy atom. The van der Waals surface area contributed by atoms with E-state index in [1.54, 1.807) is 19.1 Å². The third-order valence-electron chi connectivity index (χ3n) is 3.91. The van der Waals surface area contributed by atoms with Crippen molar-refractivity contribution in [2.24, 2.45) is 5.92 Å². The quantitative estimate of drug-likeness (QED) is 0.659. The van der Waals surface area contributed by atoms with E-state index >= 15 is 0 Å². The van der Waals surface area contributed by atoms with Crippen LogP contribution in [-0.2, 0) is 19.2 Å². The number of nitrogens with one attached hydrogen (secondary N) is 1. The van der Waals surface area contributed by atoms with E-state index < -0.39 is 24.3 Å². The molecule has 7 nitrogen and oxygen atoms in total. The molecule has 1 aromatic rings. The van der Waals surface area contributed by atoms with Crippen LogP contribution in [0.15, 0.2) is 24.3 Å². The largest absolute Gasteiger partial charge is 0.481 e. The number of benzene rings is 1. The lowest BCUT2D eigenvalue weighted by Gasteiger charge is -2.27. The number of nitrogens with zero attached hydrogens (tertiary/aromatic N) is 1. The number of aldehydes is 1. The van der Waals surface area contributed by atoms with Crippen LogP contribution in [0.25, 0.3) is 0 Å². The molecule has 2 unspecified atom stereocenters. The Morgan fingerprint density at radius 2 is 1.92 bits per heavy atom. The van der Waals surface area contributed by atoms with Gasteiger partial charge < -0.3 is 20.1 Å². The number of carbonyl (C=O) groups is 4. The lowest BCUT2D eigenvalue weighted by atomic mass is 10.1. The van der Waals surface area contributed by atoms with E-state index in [1.165, 1.54) is 4.90 Å². The number of hydrogen-bond acceptors (Lipinski definition) is 4. The van der Waals surface area contributed by atoms with E-state index in [1.807, 2.05) is 26.0 Å². The van der Waals surface area contributed by atoms with E-state index in [0.29, 0.717) is 18.4 Å². The van der Waals surface area contributed by atoms with Crippen LogP contribution in [-0.4, -0.2) is 41.8 Å². The van der Waals surface area contributed by atoms with Crippen molar-refractivity contribution in [3.8, 4) is 0 Å². The van der Waals surface area contributed by atoms with Gasteiger partial charge in [-0.05, 0) is 25.0 Å². The average molecular weight is 348 g/mol. The summed E-state index contributed by atoms with van der Waals surface area (Å²) in [6.45, 7) is 5.22. The van der Waals surface area contributed by atoms with E-state index in [9.17, 15) is 19.2 Å². The Kier molecular flexibility index (Phi) is 7.78. The molecular formula is C18H24N2O5. The van der Waals surface area contributed by atoms with Crippen LogP contribution in [0.5, 0.6) is 0 Å². The van der Waals surface area contributed by atoms with Crippen LogP contribution < -0.4 is 10.2 Å². The molecule has 0 aliphatic heterocycles. The maximum Gasteiger partial charge on any atom is 0.305 e. The van der Waals surface area contributed by atoms with Crippen molar-refractivity contribution in [1.29, 1.82) is 0 Å². The van der Waals surface area contributed by atoms with E-state index in [-0.39, 0.29) is 18.4 Å². The second-order valence-corrected chi connectivity index (χ2v) is 5.93. The molecule has 0 aliphatic carbocycles. The molecule has 0 saturated carbocycles. The highest BCUT2D eigenvalue weighted by Crippen LogP contribution is 2.22. The van der Waals surface area contributed by atoms with Gasteiger partial charge in [-0.1, -0.05) is 32.0 Å². The van der Waals surface area contributed by atoms with Gasteiger partial charge in [0.25, 0.3) is 0 Å². The maximum absolute atomic E-state index is 12.7. The topological polar surface area (TPSA) is 104 Å². The predicted octanol–water partition coefficient (Wildman–Crippen LogP) is 1.53. The van der Waals surface area contributed by atoms with Crippen molar-refractivity contribution >= 4 is 29.8 Å². The summed E-state index contributed by atoms with van der Waals surface area (Å²) in [5, 5.41) is 11.1. The number of carbonyl (C=O) groups excluding carboxylic acids is 3. The van der Waals surface area contributed by atoms with Gasteiger partial charge in [-0.25, -0.2) is 0 Å². The summed E-state index contributed by atoms with van der Waals surface area (Å²) in [5.74, 6) is -2.25. The Bertz CT molecular complexity index is 644. The Labute approximate surface area is 147 Å². The standard InChI is InChI=1S/C18H24N2O5/c1-4-12(2)18(25)20(15-8-6-5-7-13(15)3)10-16(22)19-14(11-21)9-17(23)24/h5-8,11-12,14H,4,9-10H2,1-3H3,(H,19,22)(H,23,24). The molecule has 136 valence electrons. The molecular weight excluding hydrogens is 324 g/mol. The van der Waals surface area contributed by atoms with Gasteiger partial charge in [-0.3, -0.25) is 14.4 Å². The number of para-hydroxylation sites is 1. The number of aliphatic carboxylic acids is 1. The van der Waals surface area contributed by atoms with Crippen molar-refractivity contribution in [3.05, 3.63) is 29.8 Å². The summed E-state index contributed by atoms with van der Waals surface area (Å²) in [4.78, 5) is 47.9. The number of aryl methyl sites for hydroxylation is 1. The molecule has 0 radical (unpaired) electrons. The van der Waals surface area contributed by atoms with Crippen LogP contribution in [0.4, 0.5) is 5.69 Å². The summed E-state index contributed by atoms with van der Waals surface area (Å²) >= 11 is 0. The van der Waals surface area contributed by atoms with Crippen LogP contribution in [0.1, 0.15) is 32.3 Å². The molecule has 0 heterocycles. The van der Waals surface area contributed by atoms with Gasteiger partial charge in [0.05, 0.1) is 12.5 Å². The van der Waals surface area contributed by atoms with Crippen LogP contribution in [0.3, 0.4) is 0 Å². The third kappa shape index (κ3) is 6.02. The number of rotatable bonds is 9. The number of hydrogen-bond donors (Lipinski definition) is 2. The van der Waals surface area contributed by atoms with E-state index in [4.69, 9.17) is 5.11 Å². The first-order valence-corrected chi connectivity index (χ1v) is 8.13. The average Bonchev–Trinajstić information content (AvgIpc) is 2.58. The van der Waals surface area contributed by atoms with Gasteiger partial charge in [0.1, 0.15) is 12.8 Å². The molecule has 2 amide bonds. The number of amides is 2. The molecule has 7 heteroatoms. The van der Waals surface area contributed by atoms with Gasteiger partial charge in [-0.15, -0.1) is 0 Å². The second kappa shape index (κ2) is 9.56. The monoisotopic (exact) mass is 348 g/mol. The first-order chi connectivity index (χ1) is 11.8. The number of carboxylic acid groups (broad SMARTS) is 1. The minimum absolute atomic E-state index is 0.201. The van der Waals surface area contributed by atoms with Crippen LogP contribution >= 0.6 is 0 Å². The Hall–Kier alpha value is -2.70. The van der Waals surface area contributed by atoms with Crippen molar-refractivity contribution in [2.45, 2.75) is 39.7 Å². The third-order valence-corrected chi connectivity index (χ3v) is 3.91. The number of carboxylic acids is 1. The lowest BCUT2D eigenvalue weighted by Crippen LogP contribution is -2.47. The van der Waals surface area contributed by atoms with Gasteiger partial charge in [0.2, 0.25) is 11.8 Å². The molecule has 25 heavy (non-hydrogen) atoms. The minimum Gasteiger partial charge on any atom is -0.481 e. The summed E-state index contributed by atoms with van der Waals surface area (Å²) in [6, 6.07) is 6.07. The lowest BCUT2D eigenvalue weighted by molar-refractivity contribution is -0.138. The highest BCUT2D eigenvalue weighted by atomic mass is 16.4. The summed E-state index contributed by atoms with van der Waals surface area (Å²) in [5.41, 5.74) is 1.45. The Balaban J connectivity index is 2.99. The van der Waals surface area contributed by atoms with E-state index in [2.05, 4.69) is 5.32 Å². The van der Waals surface area contributed by atoms with E-state index in [0.717, 1.165) is 5.56 Å². The number of anilines is 1. The second-order valence-electron chi connectivity index (χ2n) is 5.93. The summed E-state index contributed by atoms with van der Waals surface area (Å²) in [6.07, 6.45) is 0.498. The van der Waals surface area contributed by atoms with Crippen molar-refractivity contribution in [2.75, 3.05) is 11.4 Å². The van der Waals surface area contributed by atoms with Gasteiger partial charge in [0, 0.05) is 11.6 Å². The fraction of sp³-hybridized carbons (Fsp3) is 0.444. The zero-order valence-corrected chi connectivity index (χ0v) is 14.7. The zero-order valence-electron chi connectivity index (χ0n) is 14.7.